The van der Waals surface area contributed by atoms with E-state index in [2.05, 4.69) is 9.64 Å². The minimum atomic E-state index is -4.65. The van der Waals surface area contributed by atoms with E-state index in [4.69, 9.17) is 5.73 Å². The van der Waals surface area contributed by atoms with Crippen molar-refractivity contribution in [2.75, 3.05) is 13.1 Å². The number of alkyl halides is 3. The lowest BCUT2D eigenvalue weighted by Gasteiger charge is -2.30. The van der Waals surface area contributed by atoms with Gasteiger partial charge >= 0.3 is 6.36 Å². The number of hydrogen-bond donors (Lipinski definition) is 1. The molecule has 1 saturated heterocycles. The number of rotatable bonds is 4. The maximum atomic E-state index is 12.1. The molecule has 1 fully saturated rings. The normalized spacial score (nSPS) is 21.9. The van der Waals surface area contributed by atoms with Crippen LogP contribution in [0.4, 0.5) is 13.2 Å². The Morgan fingerprint density at radius 1 is 1.35 bits per heavy atom. The topological polar surface area (TPSA) is 38.5 Å². The molecule has 0 radical (unpaired) electrons. The van der Waals surface area contributed by atoms with E-state index in [0.717, 1.165) is 24.9 Å². The van der Waals surface area contributed by atoms with Crippen molar-refractivity contribution in [3.63, 3.8) is 0 Å². The lowest BCUT2D eigenvalue weighted by atomic mass is 10.1. The third kappa shape index (κ3) is 3.64. The first-order chi connectivity index (χ1) is 9.40. The van der Waals surface area contributed by atoms with Gasteiger partial charge in [-0.1, -0.05) is 12.1 Å². The first kappa shape index (κ1) is 15.1. The fraction of sp³-hybridized carbons (Fsp3) is 0.571. The number of halogens is 3. The van der Waals surface area contributed by atoms with Gasteiger partial charge in [-0.25, -0.2) is 0 Å². The molecular formula is C14H19F3N2O. The van der Waals surface area contributed by atoms with Crippen molar-refractivity contribution in [2.24, 2.45) is 5.73 Å². The minimum absolute atomic E-state index is 0.144. The van der Waals surface area contributed by atoms with Gasteiger partial charge in [0.05, 0.1) is 0 Å². The molecule has 2 atom stereocenters. The highest BCUT2D eigenvalue weighted by molar-refractivity contribution is 5.29. The lowest BCUT2D eigenvalue weighted by Crippen LogP contribution is -2.37. The van der Waals surface area contributed by atoms with Crippen LogP contribution in [0.2, 0.25) is 0 Å². The Kier molecular flexibility index (Phi) is 4.55. The molecule has 1 aromatic carbocycles. The molecule has 20 heavy (non-hydrogen) atoms. The van der Waals surface area contributed by atoms with Gasteiger partial charge in [-0.3, -0.25) is 4.90 Å². The summed E-state index contributed by atoms with van der Waals surface area (Å²) in [6.45, 7) is 3.64. The van der Waals surface area contributed by atoms with Crippen LogP contribution >= 0.6 is 0 Å². The molecule has 0 aromatic heterocycles. The molecule has 112 valence electrons. The monoisotopic (exact) mass is 288 g/mol. The van der Waals surface area contributed by atoms with Crippen molar-refractivity contribution in [3.05, 3.63) is 29.8 Å². The van der Waals surface area contributed by atoms with E-state index in [1.807, 2.05) is 6.92 Å². The quantitative estimate of drug-likeness (QED) is 0.925. The standard InChI is InChI=1S/C14H19F3N2O/c1-10(19-8-2-3-12(19)9-18)11-4-6-13(7-5-11)20-14(15,16)17/h4-7,10,12H,2-3,8-9,18H2,1H3. The summed E-state index contributed by atoms with van der Waals surface area (Å²) in [5.41, 5.74) is 6.72. The van der Waals surface area contributed by atoms with Gasteiger partial charge in [-0.15, -0.1) is 13.2 Å². The third-order valence-corrected chi connectivity index (χ3v) is 3.79. The zero-order valence-corrected chi connectivity index (χ0v) is 11.4. The first-order valence-corrected chi connectivity index (χ1v) is 6.72. The Balaban J connectivity index is 2.05. The highest BCUT2D eigenvalue weighted by Gasteiger charge is 2.31. The van der Waals surface area contributed by atoms with Crippen LogP contribution in [0.25, 0.3) is 0 Å². The van der Waals surface area contributed by atoms with E-state index < -0.39 is 6.36 Å². The summed E-state index contributed by atoms with van der Waals surface area (Å²) in [6, 6.07) is 6.57. The smallest absolute Gasteiger partial charge is 0.406 e. The number of benzene rings is 1. The maximum Gasteiger partial charge on any atom is 0.573 e. The molecule has 3 nitrogen and oxygen atoms in total. The molecule has 0 amide bonds. The summed E-state index contributed by atoms with van der Waals surface area (Å²) in [6.07, 6.45) is -2.45. The average molecular weight is 288 g/mol. The van der Waals surface area contributed by atoms with Crippen LogP contribution in [0.3, 0.4) is 0 Å². The zero-order chi connectivity index (χ0) is 14.8. The second kappa shape index (κ2) is 6.01. The summed E-state index contributed by atoms with van der Waals surface area (Å²) in [5, 5.41) is 0. The summed E-state index contributed by atoms with van der Waals surface area (Å²) in [5.74, 6) is -0.190. The van der Waals surface area contributed by atoms with Gasteiger partial charge in [0.25, 0.3) is 0 Å². The highest BCUT2D eigenvalue weighted by Crippen LogP contribution is 2.30. The van der Waals surface area contributed by atoms with Gasteiger partial charge < -0.3 is 10.5 Å². The molecule has 2 unspecified atom stereocenters. The molecular weight excluding hydrogens is 269 g/mol. The molecule has 0 aliphatic carbocycles. The Bertz CT molecular complexity index is 433. The van der Waals surface area contributed by atoms with Crippen LogP contribution in [0.5, 0.6) is 5.75 Å². The summed E-state index contributed by atoms with van der Waals surface area (Å²) in [4.78, 5) is 2.31. The van der Waals surface area contributed by atoms with Crippen molar-refractivity contribution in [1.29, 1.82) is 0 Å². The second-order valence-corrected chi connectivity index (χ2v) is 5.06. The highest BCUT2D eigenvalue weighted by atomic mass is 19.4. The Labute approximate surface area is 116 Å². The van der Waals surface area contributed by atoms with E-state index in [0.29, 0.717) is 12.6 Å². The predicted octanol–water partition coefficient (Wildman–Crippen LogP) is 3.07. The molecule has 0 spiro atoms. The molecule has 1 aliphatic rings. The van der Waals surface area contributed by atoms with E-state index in [1.165, 1.54) is 12.1 Å². The fourth-order valence-electron chi connectivity index (χ4n) is 2.76. The molecule has 0 saturated carbocycles. The van der Waals surface area contributed by atoms with E-state index in [9.17, 15) is 13.2 Å². The van der Waals surface area contributed by atoms with Crippen LogP contribution in [0.1, 0.15) is 31.4 Å². The summed E-state index contributed by atoms with van der Waals surface area (Å²) in [7, 11) is 0. The number of nitrogens with two attached hydrogens (primary N) is 1. The molecule has 2 rings (SSSR count). The number of nitrogens with zero attached hydrogens (tertiary/aromatic N) is 1. The van der Waals surface area contributed by atoms with Crippen molar-refractivity contribution < 1.29 is 17.9 Å². The Morgan fingerprint density at radius 3 is 2.55 bits per heavy atom. The van der Waals surface area contributed by atoms with Crippen molar-refractivity contribution >= 4 is 0 Å². The number of likely N-dealkylation sites (tertiary alicyclic amines) is 1. The number of ether oxygens (including phenoxy) is 1. The predicted molar refractivity (Wildman–Crippen MR) is 70.3 cm³/mol. The molecule has 1 heterocycles. The largest absolute Gasteiger partial charge is 0.573 e. The van der Waals surface area contributed by atoms with Gasteiger partial charge in [0, 0.05) is 18.6 Å². The van der Waals surface area contributed by atoms with Gasteiger partial charge in [-0.05, 0) is 44.0 Å². The van der Waals surface area contributed by atoms with Crippen molar-refractivity contribution in [3.8, 4) is 5.75 Å². The van der Waals surface area contributed by atoms with Crippen LogP contribution < -0.4 is 10.5 Å². The number of hydrogen-bond acceptors (Lipinski definition) is 3. The van der Waals surface area contributed by atoms with Crippen LogP contribution in [-0.4, -0.2) is 30.4 Å². The third-order valence-electron chi connectivity index (χ3n) is 3.79. The van der Waals surface area contributed by atoms with E-state index in [1.54, 1.807) is 12.1 Å². The van der Waals surface area contributed by atoms with E-state index >= 15 is 0 Å². The molecule has 2 N–H and O–H groups in total. The van der Waals surface area contributed by atoms with Gasteiger partial charge in [0.1, 0.15) is 5.75 Å². The van der Waals surface area contributed by atoms with Crippen LogP contribution in [0, 0.1) is 0 Å². The SMILES string of the molecule is CC(c1ccc(OC(F)(F)F)cc1)N1CCCC1CN. The first-order valence-electron chi connectivity index (χ1n) is 6.72. The fourth-order valence-corrected chi connectivity index (χ4v) is 2.76. The molecule has 1 aliphatic heterocycles. The van der Waals surface area contributed by atoms with Crippen LogP contribution in [-0.2, 0) is 0 Å². The summed E-state index contributed by atoms with van der Waals surface area (Å²) >= 11 is 0. The minimum Gasteiger partial charge on any atom is -0.406 e. The molecule has 6 heteroatoms. The lowest BCUT2D eigenvalue weighted by molar-refractivity contribution is -0.274. The van der Waals surface area contributed by atoms with E-state index in [-0.39, 0.29) is 11.8 Å². The van der Waals surface area contributed by atoms with Gasteiger partial charge in [0.15, 0.2) is 0 Å². The molecule has 0 bridgehead atoms. The second-order valence-electron chi connectivity index (χ2n) is 5.06. The zero-order valence-electron chi connectivity index (χ0n) is 11.4. The average Bonchev–Trinajstić information content (AvgIpc) is 2.85. The van der Waals surface area contributed by atoms with Crippen molar-refractivity contribution in [2.45, 2.75) is 38.2 Å². The Morgan fingerprint density at radius 2 is 2.00 bits per heavy atom. The van der Waals surface area contributed by atoms with Crippen molar-refractivity contribution in [1.82, 2.24) is 4.90 Å². The van der Waals surface area contributed by atoms with Gasteiger partial charge in [0.2, 0.25) is 0 Å². The van der Waals surface area contributed by atoms with Crippen LogP contribution in [0.15, 0.2) is 24.3 Å². The molecule has 1 aromatic rings. The maximum absolute atomic E-state index is 12.1. The Hall–Kier alpha value is -1.27. The summed E-state index contributed by atoms with van der Waals surface area (Å²) < 4.78 is 40.2. The van der Waals surface area contributed by atoms with Gasteiger partial charge in [-0.2, -0.15) is 0 Å².